The van der Waals surface area contributed by atoms with E-state index in [-0.39, 0.29) is 0 Å². The number of hydrogen-bond donors (Lipinski definition) is 0. The molecule has 0 saturated heterocycles. The fourth-order valence-corrected chi connectivity index (χ4v) is 2.73. The monoisotopic (exact) mass is 239 g/mol. The minimum atomic E-state index is 1.19. The quantitative estimate of drug-likeness (QED) is 0.435. The summed E-state index contributed by atoms with van der Waals surface area (Å²) in [5.41, 5.74) is 0. The Morgan fingerprint density at radius 1 is 0.941 bits per heavy atom. The molecule has 1 atom stereocenters. The van der Waals surface area contributed by atoms with Gasteiger partial charge in [-0.1, -0.05) is 33.1 Å². The van der Waals surface area contributed by atoms with Gasteiger partial charge in [-0.05, 0) is 25.7 Å². The van der Waals surface area contributed by atoms with E-state index >= 15 is 0 Å². The zero-order valence-electron chi connectivity index (χ0n) is 12.1. The molecule has 1 aliphatic heterocycles. The maximum absolute atomic E-state index is 2.43. The Balaban J connectivity index is 2.35. The molecular formula is C15H31N2+. The summed E-state index contributed by atoms with van der Waals surface area (Å²) >= 11 is 0. The van der Waals surface area contributed by atoms with E-state index in [2.05, 4.69) is 38.2 Å². The second-order valence-corrected chi connectivity index (χ2v) is 5.63. The van der Waals surface area contributed by atoms with Gasteiger partial charge in [0.1, 0.15) is 6.20 Å². The molecule has 17 heavy (non-hydrogen) atoms. The highest BCUT2D eigenvalue weighted by Gasteiger charge is 2.29. The lowest BCUT2D eigenvalue weighted by Gasteiger charge is -2.32. The molecule has 0 spiro atoms. The molecule has 0 bridgehead atoms. The Morgan fingerprint density at radius 3 is 2.06 bits per heavy atom. The molecule has 2 nitrogen and oxygen atoms in total. The van der Waals surface area contributed by atoms with Gasteiger partial charge >= 0.3 is 0 Å². The molecule has 0 radical (unpaired) electrons. The van der Waals surface area contributed by atoms with Crippen molar-refractivity contribution in [2.45, 2.75) is 58.8 Å². The van der Waals surface area contributed by atoms with Crippen LogP contribution < -0.4 is 0 Å². The van der Waals surface area contributed by atoms with E-state index in [1.54, 1.807) is 0 Å². The van der Waals surface area contributed by atoms with Gasteiger partial charge in [-0.15, -0.1) is 0 Å². The lowest BCUT2D eigenvalue weighted by Crippen LogP contribution is -2.45. The smallest absolute Gasteiger partial charge is 0.158 e. The minimum absolute atomic E-state index is 1.19. The summed E-state index contributed by atoms with van der Waals surface area (Å²) in [6.07, 6.45) is 14.3. The second-order valence-electron chi connectivity index (χ2n) is 5.63. The molecule has 1 rings (SSSR count). The van der Waals surface area contributed by atoms with Crippen LogP contribution in [-0.4, -0.2) is 36.2 Å². The van der Waals surface area contributed by atoms with Crippen molar-refractivity contribution in [2.24, 2.45) is 0 Å². The van der Waals surface area contributed by atoms with Crippen molar-refractivity contribution >= 4 is 0 Å². The Hall–Kier alpha value is -0.500. The third kappa shape index (κ3) is 5.12. The molecule has 1 aliphatic rings. The molecule has 1 unspecified atom stereocenters. The van der Waals surface area contributed by atoms with E-state index in [9.17, 15) is 0 Å². The van der Waals surface area contributed by atoms with Crippen molar-refractivity contribution in [1.29, 1.82) is 0 Å². The van der Waals surface area contributed by atoms with Gasteiger partial charge in [-0.2, -0.15) is 0 Å². The summed E-state index contributed by atoms with van der Waals surface area (Å²) in [4.78, 5) is 2.34. The SMILES string of the molecule is CCCCCC[N+]1(CCCCC)C=CN(C)C1. The van der Waals surface area contributed by atoms with Crippen LogP contribution in [0.1, 0.15) is 58.8 Å². The molecule has 100 valence electrons. The second kappa shape index (κ2) is 7.75. The molecule has 0 saturated carbocycles. The first-order valence-electron chi connectivity index (χ1n) is 7.48. The van der Waals surface area contributed by atoms with Gasteiger partial charge in [0, 0.05) is 7.05 Å². The summed E-state index contributed by atoms with van der Waals surface area (Å²) in [6.45, 7) is 8.44. The van der Waals surface area contributed by atoms with Crippen LogP contribution in [0.5, 0.6) is 0 Å². The summed E-state index contributed by atoms with van der Waals surface area (Å²) in [7, 11) is 2.20. The van der Waals surface area contributed by atoms with Crippen LogP contribution in [0.2, 0.25) is 0 Å². The molecule has 0 aliphatic carbocycles. The normalized spacial score (nSPS) is 23.6. The van der Waals surface area contributed by atoms with Crippen LogP contribution >= 0.6 is 0 Å². The largest absolute Gasteiger partial charge is 0.329 e. The van der Waals surface area contributed by atoms with Gasteiger partial charge in [-0.3, -0.25) is 4.48 Å². The van der Waals surface area contributed by atoms with E-state index in [0.717, 1.165) is 0 Å². The summed E-state index contributed by atoms with van der Waals surface area (Å²) in [6, 6.07) is 0. The van der Waals surface area contributed by atoms with E-state index in [0.29, 0.717) is 0 Å². The van der Waals surface area contributed by atoms with Crippen LogP contribution in [0.15, 0.2) is 12.4 Å². The van der Waals surface area contributed by atoms with Gasteiger partial charge in [0.25, 0.3) is 0 Å². The average molecular weight is 239 g/mol. The highest BCUT2D eigenvalue weighted by atomic mass is 15.5. The van der Waals surface area contributed by atoms with Crippen molar-refractivity contribution in [3.63, 3.8) is 0 Å². The number of rotatable bonds is 9. The van der Waals surface area contributed by atoms with Crippen molar-refractivity contribution in [3.8, 4) is 0 Å². The topological polar surface area (TPSA) is 3.24 Å². The summed E-state index contributed by atoms with van der Waals surface area (Å²) in [5.74, 6) is 0. The zero-order valence-corrected chi connectivity index (χ0v) is 12.1. The molecule has 0 N–H and O–H groups in total. The Labute approximate surface area is 108 Å². The first-order chi connectivity index (χ1) is 8.22. The molecule has 1 heterocycles. The van der Waals surface area contributed by atoms with Gasteiger partial charge in [0.2, 0.25) is 0 Å². The Morgan fingerprint density at radius 2 is 1.53 bits per heavy atom. The fourth-order valence-electron chi connectivity index (χ4n) is 2.73. The molecular weight excluding hydrogens is 208 g/mol. The van der Waals surface area contributed by atoms with Crippen LogP contribution in [0.3, 0.4) is 0 Å². The summed E-state index contributed by atoms with van der Waals surface area (Å²) < 4.78 is 1.21. The van der Waals surface area contributed by atoms with Crippen molar-refractivity contribution in [1.82, 2.24) is 4.90 Å². The minimum Gasteiger partial charge on any atom is -0.329 e. The van der Waals surface area contributed by atoms with E-state index in [1.807, 2.05) is 0 Å². The van der Waals surface area contributed by atoms with Gasteiger partial charge in [-0.25, -0.2) is 0 Å². The summed E-state index contributed by atoms with van der Waals surface area (Å²) in [5, 5.41) is 0. The number of unbranched alkanes of at least 4 members (excludes halogenated alkanes) is 5. The molecule has 0 amide bonds. The lowest BCUT2D eigenvalue weighted by atomic mass is 10.1. The van der Waals surface area contributed by atoms with Gasteiger partial charge in [0.15, 0.2) is 6.67 Å². The molecule has 0 aromatic heterocycles. The number of hydrogen-bond acceptors (Lipinski definition) is 1. The van der Waals surface area contributed by atoms with E-state index < -0.39 is 0 Å². The molecule has 0 aromatic rings. The number of nitrogens with zero attached hydrogens (tertiary/aromatic N) is 2. The molecule has 0 fully saturated rings. The third-order valence-electron chi connectivity index (χ3n) is 3.81. The standard InChI is InChI=1S/C15H31N2/c1-4-6-8-10-13-17(12-9-7-5-2)14-11-16(3)15-17/h11,14H,4-10,12-13,15H2,1-3H3/q+1. The number of quaternary nitrogens is 1. The van der Waals surface area contributed by atoms with Gasteiger partial charge < -0.3 is 4.90 Å². The Bertz CT molecular complexity index is 225. The predicted molar refractivity (Wildman–Crippen MR) is 75.4 cm³/mol. The van der Waals surface area contributed by atoms with Crippen LogP contribution in [-0.2, 0) is 0 Å². The molecule has 2 heteroatoms. The van der Waals surface area contributed by atoms with Crippen LogP contribution in [0.25, 0.3) is 0 Å². The van der Waals surface area contributed by atoms with Crippen LogP contribution in [0, 0.1) is 0 Å². The zero-order chi connectivity index (χ0) is 12.6. The molecule has 0 aromatic carbocycles. The average Bonchev–Trinajstić information content (AvgIpc) is 2.68. The van der Waals surface area contributed by atoms with E-state index in [1.165, 1.54) is 69.2 Å². The predicted octanol–water partition coefficient (Wildman–Crippen LogP) is 3.95. The van der Waals surface area contributed by atoms with Crippen molar-refractivity contribution in [2.75, 3.05) is 26.8 Å². The van der Waals surface area contributed by atoms with Crippen molar-refractivity contribution in [3.05, 3.63) is 12.4 Å². The highest BCUT2D eigenvalue weighted by Crippen LogP contribution is 2.20. The maximum atomic E-state index is 2.43. The maximum Gasteiger partial charge on any atom is 0.158 e. The van der Waals surface area contributed by atoms with E-state index in [4.69, 9.17) is 0 Å². The first kappa shape index (κ1) is 14.6. The highest BCUT2D eigenvalue weighted by molar-refractivity contribution is 4.79. The third-order valence-corrected chi connectivity index (χ3v) is 3.81. The fraction of sp³-hybridized carbons (Fsp3) is 0.867. The van der Waals surface area contributed by atoms with Crippen molar-refractivity contribution < 1.29 is 4.48 Å². The lowest BCUT2D eigenvalue weighted by molar-refractivity contribution is -0.881. The van der Waals surface area contributed by atoms with Crippen LogP contribution in [0.4, 0.5) is 0 Å². The van der Waals surface area contributed by atoms with Gasteiger partial charge in [0.05, 0.1) is 19.3 Å². The Kier molecular flexibility index (Phi) is 6.64. The first-order valence-corrected chi connectivity index (χ1v) is 7.48.